The molecule has 0 aliphatic carbocycles. The fourth-order valence-corrected chi connectivity index (χ4v) is 9.11. The first kappa shape index (κ1) is 27.8. The van der Waals surface area contributed by atoms with Gasteiger partial charge in [-0.05, 0) is 0 Å². The number of aliphatic hydroxyl groups is 1. The van der Waals surface area contributed by atoms with Crippen LogP contribution in [-0.2, 0) is 9.84 Å². The van der Waals surface area contributed by atoms with Gasteiger partial charge in [0, 0.05) is 0 Å². The molecule has 0 spiro atoms. The van der Waals surface area contributed by atoms with Gasteiger partial charge in [0.1, 0.15) is 0 Å². The molecular formula is C33H32O3SSe. The molecular weight excluding hydrogens is 555 g/mol. The van der Waals surface area contributed by atoms with E-state index in [0.717, 1.165) is 21.2 Å². The van der Waals surface area contributed by atoms with E-state index in [2.05, 4.69) is 0 Å². The summed E-state index contributed by atoms with van der Waals surface area (Å²) in [4.78, 5) is 0.232. The van der Waals surface area contributed by atoms with E-state index in [-0.39, 0.29) is 16.2 Å². The van der Waals surface area contributed by atoms with E-state index < -0.39 is 30.4 Å². The Hall–Kier alpha value is -3.21. The van der Waals surface area contributed by atoms with E-state index >= 15 is 0 Å². The van der Waals surface area contributed by atoms with Gasteiger partial charge in [-0.1, -0.05) is 0 Å². The van der Waals surface area contributed by atoms with Crippen LogP contribution in [0, 0.1) is 6.92 Å². The van der Waals surface area contributed by atoms with E-state index in [4.69, 9.17) is 0 Å². The summed E-state index contributed by atoms with van der Waals surface area (Å²) in [5, 5.41) is 12.4. The van der Waals surface area contributed by atoms with Crippen LogP contribution in [0.4, 0.5) is 0 Å². The molecule has 0 aliphatic rings. The molecule has 1 N–H and O–H groups in total. The van der Waals surface area contributed by atoms with Crippen LogP contribution in [0.5, 0.6) is 0 Å². The SMILES string of the molecule is CCCC(O)(/C=C/c1ccccc1)/C(=C(/[Se]c1ccccc1)c1ccccc1)S(=O)(=O)c1ccc(C)cc1. The monoisotopic (exact) mass is 588 g/mol. The third-order valence-corrected chi connectivity index (χ3v) is 10.9. The van der Waals surface area contributed by atoms with Crippen molar-refractivity contribution in [3.8, 4) is 0 Å². The molecule has 3 nitrogen and oxygen atoms in total. The predicted molar refractivity (Wildman–Crippen MR) is 159 cm³/mol. The van der Waals surface area contributed by atoms with Crippen molar-refractivity contribution in [3.63, 3.8) is 0 Å². The van der Waals surface area contributed by atoms with Crippen molar-refractivity contribution in [2.75, 3.05) is 0 Å². The van der Waals surface area contributed by atoms with Gasteiger partial charge in [-0.25, -0.2) is 0 Å². The third kappa shape index (κ3) is 6.61. The quantitative estimate of drug-likeness (QED) is 0.218. The first-order valence-corrected chi connectivity index (χ1v) is 15.8. The molecule has 0 heterocycles. The van der Waals surface area contributed by atoms with Crippen LogP contribution in [0.25, 0.3) is 10.5 Å². The molecule has 5 heteroatoms. The minimum absolute atomic E-state index is 0.0536. The number of sulfone groups is 1. The number of benzene rings is 4. The van der Waals surface area contributed by atoms with Gasteiger partial charge in [-0.3, -0.25) is 0 Å². The average molecular weight is 588 g/mol. The first-order chi connectivity index (χ1) is 18.3. The fourth-order valence-electron chi connectivity index (χ4n) is 4.27. The number of rotatable bonds is 10. The summed E-state index contributed by atoms with van der Waals surface area (Å²) in [7, 11) is -4.08. The number of aryl methyl sites for hydroxylation is 1. The molecule has 0 bridgehead atoms. The van der Waals surface area contributed by atoms with E-state index in [1.54, 1.807) is 30.3 Å². The second kappa shape index (κ2) is 12.6. The molecule has 4 rings (SSSR count). The molecule has 0 fully saturated rings. The predicted octanol–water partition coefficient (Wildman–Crippen LogP) is 6.41. The molecule has 0 aromatic heterocycles. The Morgan fingerprint density at radius 1 is 0.816 bits per heavy atom. The standard InChI is InChI=1S/C33H32O3SSe/c1-3-24-33(34,25-23-27-13-7-4-8-14-27)32(37(35,36)29-21-19-26(2)20-22-29)31(28-15-9-5-10-16-28)38-30-17-11-6-12-18-30/h4-23,25,34H,3,24H2,1-2H3/b25-23+,32-31-. The summed E-state index contributed by atoms with van der Waals surface area (Å²) >= 11 is -0.391. The van der Waals surface area contributed by atoms with Gasteiger partial charge >= 0.3 is 233 Å². The summed E-state index contributed by atoms with van der Waals surface area (Å²) in [5.41, 5.74) is 0.948. The van der Waals surface area contributed by atoms with Gasteiger partial charge in [0.05, 0.1) is 0 Å². The van der Waals surface area contributed by atoms with Crippen molar-refractivity contribution in [1.29, 1.82) is 0 Å². The van der Waals surface area contributed by atoms with Gasteiger partial charge in [0.15, 0.2) is 0 Å². The molecule has 0 amide bonds. The Bertz CT molecular complexity index is 1500. The van der Waals surface area contributed by atoms with Crippen LogP contribution in [0.1, 0.15) is 36.5 Å². The molecule has 38 heavy (non-hydrogen) atoms. The maximum atomic E-state index is 14.5. The molecule has 1 unspecified atom stereocenters. The van der Waals surface area contributed by atoms with Crippen molar-refractivity contribution in [3.05, 3.63) is 143 Å². The van der Waals surface area contributed by atoms with Gasteiger partial charge in [0.2, 0.25) is 0 Å². The zero-order valence-electron chi connectivity index (χ0n) is 21.6. The van der Waals surface area contributed by atoms with E-state index in [0.29, 0.717) is 10.9 Å². The van der Waals surface area contributed by atoms with Crippen LogP contribution in [-0.4, -0.2) is 34.1 Å². The zero-order valence-corrected chi connectivity index (χ0v) is 24.1. The summed E-state index contributed by atoms with van der Waals surface area (Å²) in [6.45, 7) is 3.89. The number of hydrogen-bond acceptors (Lipinski definition) is 3. The van der Waals surface area contributed by atoms with Crippen molar-refractivity contribution in [2.24, 2.45) is 0 Å². The summed E-state index contributed by atoms with van der Waals surface area (Å²) in [6, 6.07) is 36.0. The average Bonchev–Trinajstić information content (AvgIpc) is 2.93. The molecule has 4 aromatic rings. The summed E-state index contributed by atoms with van der Waals surface area (Å²) < 4.78 is 30.8. The molecule has 4 aromatic carbocycles. The van der Waals surface area contributed by atoms with Crippen molar-refractivity contribution in [1.82, 2.24) is 0 Å². The Balaban J connectivity index is 2.05. The van der Waals surface area contributed by atoms with Gasteiger partial charge in [-0.2, -0.15) is 0 Å². The Morgan fingerprint density at radius 2 is 1.37 bits per heavy atom. The van der Waals surface area contributed by atoms with E-state index in [1.165, 1.54) is 0 Å². The van der Waals surface area contributed by atoms with Gasteiger partial charge < -0.3 is 0 Å². The molecule has 1 atom stereocenters. The fraction of sp³-hybridized carbons (Fsp3) is 0.152. The summed E-state index contributed by atoms with van der Waals surface area (Å²) in [6.07, 6.45) is 4.34. The Kier molecular flexibility index (Phi) is 9.19. The van der Waals surface area contributed by atoms with Crippen LogP contribution in [0.15, 0.2) is 131 Å². The topological polar surface area (TPSA) is 54.4 Å². The minimum atomic E-state index is -4.08. The maximum absolute atomic E-state index is 14.5. The molecule has 194 valence electrons. The van der Waals surface area contributed by atoms with E-state index in [9.17, 15) is 13.5 Å². The van der Waals surface area contributed by atoms with Crippen LogP contribution in [0.3, 0.4) is 0 Å². The van der Waals surface area contributed by atoms with Crippen LogP contribution >= 0.6 is 0 Å². The van der Waals surface area contributed by atoms with Crippen molar-refractivity contribution >= 4 is 39.8 Å². The van der Waals surface area contributed by atoms with Crippen LogP contribution in [0.2, 0.25) is 0 Å². The van der Waals surface area contributed by atoms with Gasteiger partial charge in [0.25, 0.3) is 0 Å². The normalized spacial score (nSPS) is 14.2. The Labute approximate surface area is 232 Å². The molecule has 0 saturated carbocycles. The summed E-state index contributed by atoms with van der Waals surface area (Å²) in [5.74, 6) is 0. The van der Waals surface area contributed by atoms with Crippen molar-refractivity contribution < 1.29 is 13.5 Å². The molecule has 0 saturated heterocycles. The number of hydrogen-bond donors (Lipinski definition) is 1. The van der Waals surface area contributed by atoms with Gasteiger partial charge in [-0.15, -0.1) is 0 Å². The van der Waals surface area contributed by atoms with Crippen LogP contribution < -0.4 is 4.46 Å². The Morgan fingerprint density at radius 3 is 1.95 bits per heavy atom. The second-order valence-electron chi connectivity index (χ2n) is 9.17. The van der Waals surface area contributed by atoms with Crippen molar-refractivity contribution in [2.45, 2.75) is 37.2 Å². The molecule has 0 aliphatic heterocycles. The molecule has 0 radical (unpaired) electrons. The second-order valence-corrected chi connectivity index (χ2v) is 13.3. The van der Waals surface area contributed by atoms with E-state index in [1.807, 2.05) is 111 Å². The first-order valence-electron chi connectivity index (χ1n) is 12.6. The third-order valence-electron chi connectivity index (χ3n) is 6.18. The zero-order chi connectivity index (χ0) is 27.0.